The van der Waals surface area contributed by atoms with Crippen LogP contribution in [-0.2, 0) is 11.2 Å². The van der Waals surface area contributed by atoms with Gasteiger partial charge in [0.25, 0.3) is 0 Å². The van der Waals surface area contributed by atoms with Gasteiger partial charge in [-0.05, 0) is 0 Å². The van der Waals surface area contributed by atoms with Crippen molar-refractivity contribution in [3.63, 3.8) is 0 Å². The molecule has 0 saturated carbocycles. The van der Waals surface area contributed by atoms with E-state index in [-0.39, 0.29) is 5.91 Å². The van der Waals surface area contributed by atoms with Crippen molar-refractivity contribution in [2.45, 2.75) is 6.42 Å². The summed E-state index contributed by atoms with van der Waals surface area (Å²) in [4.78, 5) is 17.0. The van der Waals surface area contributed by atoms with Crippen molar-refractivity contribution in [3.05, 3.63) is 40.7 Å². The first-order valence-electron chi connectivity index (χ1n) is 5.66. The van der Waals surface area contributed by atoms with Gasteiger partial charge in [0.15, 0.2) is 0 Å². The predicted molar refractivity (Wildman–Crippen MR) is 78.1 cm³/mol. The van der Waals surface area contributed by atoms with Crippen LogP contribution in [0.4, 0.5) is 0 Å². The Morgan fingerprint density at radius 3 is 2.83 bits per heavy atom. The highest BCUT2D eigenvalue weighted by Crippen LogP contribution is 2.25. The molecule has 1 N–H and O–H groups in total. The second kappa shape index (κ2) is 6.56. The molecule has 1 aromatic carbocycles. The Kier molecular flexibility index (Phi) is 4.78. The summed E-state index contributed by atoms with van der Waals surface area (Å²) in [5, 5.41) is 2.81. The molecule has 1 aromatic heterocycles. The molecule has 0 bridgehead atoms. The summed E-state index contributed by atoms with van der Waals surface area (Å²) in [7, 11) is 0. The lowest BCUT2D eigenvalue weighted by Gasteiger charge is -2.04. The normalized spacial score (nSPS) is 10.3. The first-order valence-corrected chi connectivity index (χ1v) is 7.18. The van der Waals surface area contributed by atoms with Crippen LogP contribution < -0.4 is 5.32 Å². The van der Waals surface area contributed by atoms with Crippen LogP contribution in [0.1, 0.15) is 4.88 Å². The Morgan fingerprint density at radius 1 is 1.33 bits per heavy atom. The highest BCUT2D eigenvalue weighted by molar-refractivity contribution is 7.80. The minimum absolute atomic E-state index is 0.0190. The molecule has 1 heterocycles. The van der Waals surface area contributed by atoms with E-state index in [4.69, 9.17) is 0 Å². The van der Waals surface area contributed by atoms with Gasteiger partial charge in [-0.3, -0.25) is 4.79 Å². The van der Waals surface area contributed by atoms with E-state index in [1.54, 1.807) is 5.51 Å². The van der Waals surface area contributed by atoms with Gasteiger partial charge in [0, 0.05) is 22.7 Å². The van der Waals surface area contributed by atoms with E-state index >= 15 is 0 Å². The van der Waals surface area contributed by atoms with E-state index in [1.807, 2.05) is 30.3 Å². The third-order valence-electron chi connectivity index (χ3n) is 2.44. The number of rotatable bonds is 5. The average molecular weight is 278 g/mol. The summed E-state index contributed by atoms with van der Waals surface area (Å²) in [6.07, 6.45) is 0.378. The molecule has 18 heavy (non-hydrogen) atoms. The number of carbonyl (C=O) groups excluding carboxylic acids is 1. The average Bonchev–Trinajstić information content (AvgIpc) is 2.85. The van der Waals surface area contributed by atoms with E-state index < -0.39 is 0 Å². The molecule has 0 aliphatic rings. The zero-order valence-electron chi connectivity index (χ0n) is 9.80. The molecule has 0 aliphatic heterocycles. The summed E-state index contributed by atoms with van der Waals surface area (Å²) in [6, 6.07) is 9.92. The second-order valence-corrected chi connectivity index (χ2v) is 5.13. The number of thiol groups is 1. The highest BCUT2D eigenvalue weighted by atomic mass is 32.1. The van der Waals surface area contributed by atoms with Gasteiger partial charge in [0.2, 0.25) is 5.91 Å². The molecule has 5 heteroatoms. The molecule has 0 atom stereocenters. The summed E-state index contributed by atoms with van der Waals surface area (Å²) in [5.74, 6) is 0.672. The molecule has 3 nitrogen and oxygen atoms in total. The van der Waals surface area contributed by atoms with Crippen LogP contribution in [0.5, 0.6) is 0 Å². The number of aromatic nitrogens is 1. The fourth-order valence-electron chi connectivity index (χ4n) is 1.63. The van der Waals surface area contributed by atoms with Crippen LogP contribution in [-0.4, -0.2) is 23.2 Å². The molecule has 0 fully saturated rings. The number of hydrogen-bond donors (Lipinski definition) is 2. The number of nitrogens with one attached hydrogen (secondary N) is 1. The maximum absolute atomic E-state index is 11.7. The molecule has 0 aliphatic carbocycles. The number of hydrogen-bond acceptors (Lipinski definition) is 4. The SMILES string of the molecule is O=C(Cc1scnc1-c1ccccc1)NCCS. The summed E-state index contributed by atoms with van der Waals surface area (Å²) < 4.78 is 0. The number of carbonyl (C=O) groups is 1. The van der Waals surface area contributed by atoms with Gasteiger partial charge < -0.3 is 5.32 Å². The lowest BCUT2D eigenvalue weighted by Crippen LogP contribution is -2.26. The lowest BCUT2D eigenvalue weighted by molar-refractivity contribution is -0.120. The third kappa shape index (κ3) is 3.34. The standard InChI is InChI=1S/C13H14N2OS2/c16-12(14-6-7-17)8-11-13(15-9-18-11)10-4-2-1-3-5-10/h1-5,9,17H,6-8H2,(H,14,16). The maximum Gasteiger partial charge on any atom is 0.225 e. The highest BCUT2D eigenvalue weighted by Gasteiger charge is 2.11. The summed E-state index contributed by atoms with van der Waals surface area (Å²) in [6.45, 7) is 0.599. The van der Waals surface area contributed by atoms with E-state index in [1.165, 1.54) is 11.3 Å². The number of benzene rings is 1. The topological polar surface area (TPSA) is 42.0 Å². The van der Waals surface area contributed by atoms with Crippen LogP contribution in [0.25, 0.3) is 11.3 Å². The van der Waals surface area contributed by atoms with Crippen molar-refractivity contribution in [3.8, 4) is 11.3 Å². The lowest BCUT2D eigenvalue weighted by atomic mass is 10.1. The van der Waals surface area contributed by atoms with Crippen LogP contribution in [0.3, 0.4) is 0 Å². The van der Waals surface area contributed by atoms with Crippen molar-refractivity contribution in [1.29, 1.82) is 0 Å². The molecule has 0 spiro atoms. The Labute approximate surface area is 116 Å². The monoisotopic (exact) mass is 278 g/mol. The molecule has 0 unspecified atom stereocenters. The number of amides is 1. The van der Waals surface area contributed by atoms with Crippen LogP contribution >= 0.6 is 24.0 Å². The van der Waals surface area contributed by atoms with Gasteiger partial charge in [-0.25, -0.2) is 4.98 Å². The van der Waals surface area contributed by atoms with Gasteiger partial charge in [-0.1, -0.05) is 30.3 Å². The second-order valence-electron chi connectivity index (χ2n) is 3.74. The smallest absolute Gasteiger partial charge is 0.225 e. The van der Waals surface area contributed by atoms with E-state index in [0.717, 1.165) is 16.1 Å². The predicted octanol–water partition coefficient (Wildman–Crippen LogP) is 2.40. The summed E-state index contributed by atoms with van der Waals surface area (Å²) >= 11 is 5.58. The fourth-order valence-corrected chi connectivity index (χ4v) is 2.52. The van der Waals surface area contributed by atoms with Crippen LogP contribution in [0, 0.1) is 0 Å². The molecule has 0 radical (unpaired) electrons. The van der Waals surface area contributed by atoms with Crippen molar-refractivity contribution in [1.82, 2.24) is 10.3 Å². The molecule has 1 amide bonds. The molecule has 2 rings (SSSR count). The van der Waals surface area contributed by atoms with Gasteiger partial charge >= 0.3 is 0 Å². The van der Waals surface area contributed by atoms with Crippen molar-refractivity contribution in [2.75, 3.05) is 12.3 Å². The Morgan fingerprint density at radius 2 is 2.11 bits per heavy atom. The van der Waals surface area contributed by atoms with Crippen molar-refractivity contribution >= 4 is 29.9 Å². The first-order chi connectivity index (χ1) is 8.81. The molecule has 94 valence electrons. The van der Waals surface area contributed by atoms with E-state index in [0.29, 0.717) is 18.7 Å². The molecular weight excluding hydrogens is 264 g/mol. The van der Waals surface area contributed by atoms with Gasteiger partial charge in [-0.15, -0.1) is 11.3 Å². The van der Waals surface area contributed by atoms with Crippen molar-refractivity contribution in [2.24, 2.45) is 0 Å². The van der Waals surface area contributed by atoms with Crippen molar-refractivity contribution < 1.29 is 4.79 Å². The first kappa shape index (κ1) is 13.1. The molecular formula is C13H14N2OS2. The van der Waals surface area contributed by atoms with Gasteiger partial charge in [0.1, 0.15) is 0 Å². The van der Waals surface area contributed by atoms with Crippen LogP contribution in [0.2, 0.25) is 0 Å². The molecule has 0 saturated heterocycles. The van der Waals surface area contributed by atoms with Crippen LogP contribution in [0.15, 0.2) is 35.8 Å². The minimum atomic E-state index is 0.0190. The zero-order chi connectivity index (χ0) is 12.8. The van der Waals surface area contributed by atoms with E-state index in [2.05, 4.69) is 22.9 Å². The Hall–Kier alpha value is -1.33. The summed E-state index contributed by atoms with van der Waals surface area (Å²) in [5.41, 5.74) is 3.74. The fraction of sp³-hybridized carbons (Fsp3) is 0.231. The van der Waals surface area contributed by atoms with E-state index in [9.17, 15) is 4.79 Å². The Balaban J connectivity index is 2.11. The quantitative estimate of drug-likeness (QED) is 0.825. The third-order valence-corrected chi connectivity index (χ3v) is 3.50. The van der Waals surface area contributed by atoms with Gasteiger partial charge in [-0.2, -0.15) is 12.6 Å². The Bertz CT molecular complexity index is 511. The minimum Gasteiger partial charge on any atom is -0.355 e. The number of nitrogens with zero attached hydrogens (tertiary/aromatic N) is 1. The largest absolute Gasteiger partial charge is 0.355 e. The number of thiazole rings is 1. The molecule has 2 aromatic rings. The van der Waals surface area contributed by atoms with Gasteiger partial charge in [0.05, 0.1) is 17.6 Å². The maximum atomic E-state index is 11.7. The zero-order valence-corrected chi connectivity index (χ0v) is 11.5.